The molecule has 5 heteroatoms. The molecule has 0 saturated carbocycles. The van der Waals surface area contributed by atoms with Crippen LogP contribution in [0.5, 0.6) is 0 Å². The fraction of sp³-hybridized carbons (Fsp3) is 0.800. The third kappa shape index (κ3) is 6.52. The molecule has 0 bridgehead atoms. The van der Waals surface area contributed by atoms with E-state index in [1.54, 1.807) is 6.92 Å². The van der Waals surface area contributed by atoms with Crippen LogP contribution in [0, 0.1) is 5.92 Å². The van der Waals surface area contributed by atoms with Crippen LogP contribution in [0.1, 0.15) is 27.2 Å². The smallest absolute Gasteiger partial charge is 0.216 e. The molecular weight excluding hydrogens is 214 g/mol. The molecule has 0 rings (SSSR count). The monoisotopic (exact) mass is 233 g/mol. The maximum absolute atomic E-state index is 11.5. The molecule has 0 aliphatic rings. The van der Waals surface area contributed by atoms with Gasteiger partial charge in [-0.15, -0.1) is 0 Å². The predicted molar refractivity (Wildman–Crippen MR) is 61.6 cm³/mol. The van der Waals surface area contributed by atoms with E-state index in [2.05, 4.69) is 5.32 Å². The van der Waals surface area contributed by atoms with Gasteiger partial charge in [0.15, 0.2) is 5.12 Å². The summed E-state index contributed by atoms with van der Waals surface area (Å²) in [5.41, 5.74) is 0. The van der Waals surface area contributed by atoms with E-state index in [-0.39, 0.29) is 16.9 Å². The molecule has 88 valence electrons. The van der Waals surface area contributed by atoms with Gasteiger partial charge in [0.1, 0.15) is 0 Å². The number of hydrogen-bond donors (Lipinski definition) is 2. The Morgan fingerprint density at radius 3 is 2.53 bits per heavy atom. The van der Waals surface area contributed by atoms with Crippen LogP contribution in [-0.2, 0) is 9.59 Å². The van der Waals surface area contributed by atoms with Crippen LogP contribution >= 0.6 is 11.8 Å². The number of carbonyl (C=O) groups is 2. The maximum atomic E-state index is 11.5. The summed E-state index contributed by atoms with van der Waals surface area (Å²) < 4.78 is 0. The summed E-state index contributed by atoms with van der Waals surface area (Å²) in [5, 5.41) is 12.0. The highest BCUT2D eigenvalue weighted by Gasteiger charge is 2.20. The Hall–Kier alpha value is -0.550. The van der Waals surface area contributed by atoms with E-state index in [0.717, 1.165) is 11.8 Å². The minimum Gasteiger partial charge on any atom is -0.392 e. The zero-order chi connectivity index (χ0) is 11.8. The SMILES string of the molecule is CCC(O)C(C)C(=O)SCCNC(C)=O. The molecule has 0 spiro atoms. The number of thioether (sulfide) groups is 1. The Kier molecular flexibility index (Phi) is 7.42. The van der Waals surface area contributed by atoms with Crippen molar-refractivity contribution in [2.45, 2.75) is 33.3 Å². The molecule has 0 fully saturated rings. The zero-order valence-electron chi connectivity index (χ0n) is 9.45. The summed E-state index contributed by atoms with van der Waals surface area (Å²) in [4.78, 5) is 22.0. The van der Waals surface area contributed by atoms with E-state index in [0.29, 0.717) is 18.7 Å². The maximum Gasteiger partial charge on any atom is 0.216 e. The molecule has 2 atom stereocenters. The zero-order valence-corrected chi connectivity index (χ0v) is 10.3. The minimum absolute atomic E-state index is 0.0188. The van der Waals surface area contributed by atoms with Crippen LogP contribution in [0.25, 0.3) is 0 Å². The van der Waals surface area contributed by atoms with Crippen molar-refractivity contribution in [1.82, 2.24) is 5.32 Å². The summed E-state index contributed by atoms with van der Waals surface area (Å²) in [5.74, 6) is 0.126. The molecule has 2 N–H and O–H groups in total. The molecular formula is C10H19NO3S. The topological polar surface area (TPSA) is 66.4 Å². The van der Waals surface area contributed by atoms with Crippen molar-refractivity contribution in [3.63, 3.8) is 0 Å². The number of carbonyl (C=O) groups excluding carboxylic acids is 2. The van der Waals surface area contributed by atoms with Gasteiger partial charge in [0.2, 0.25) is 5.91 Å². The third-order valence-corrected chi connectivity index (χ3v) is 3.15. The largest absolute Gasteiger partial charge is 0.392 e. The van der Waals surface area contributed by atoms with E-state index in [1.165, 1.54) is 6.92 Å². The second kappa shape index (κ2) is 7.70. The van der Waals surface area contributed by atoms with Crippen LogP contribution in [0.15, 0.2) is 0 Å². The van der Waals surface area contributed by atoms with E-state index in [4.69, 9.17) is 0 Å². The number of rotatable bonds is 6. The van der Waals surface area contributed by atoms with Gasteiger partial charge in [-0.1, -0.05) is 25.6 Å². The Morgan fingerprint density at radius 1 is 1.47 bits per heavy atom. The Labute approximate surface area is 94.8 Å². The first-order valence-electron chi connectivity index (χ1n) is 5.08. The van der Waals surface area contributed by atoms with Crippen LogP contribution in [-0.4, -0.2) is 34.5 Å². The summed E-state index contributed by atoms with van der Waals surface area (Å²) >= 11 is 1.16. The van der Waals surface area contributed by atoms with E-state index >= 15 is 0 Å². The third-order valence-electron chi connectivity index (χ3n) is 2.09. The predicted octanol–water partition coefficient (Wildman–Crippen LogP) is 0.789. The molecule has 0 aromatic rings. The molecule has 4 nitrogen and oxygen atoms in total. The van der Waals surface area contributed by atoms with Crippen molar-refractivity contribution in [1.29, 1.82) is 0 Å². The summed E-state index contributed by atoms with van der Waals surface area (Å²) in [6, 6.07) is 0. The van der Waals surface area contributed by atoms with Gasteiger partial charge in [-0.05, 0) is 6.42 Å². The fourth-order valence-electron chi connectivity index (χ4n) is 1.02. The van der Waals surface area contributed by atoms with Gasteiger partial charge >= 0.3 is 0 Å². The van der Waals surface area contributed by atoms with Crippen molar-refractivity contribution in [2.75, 3.05) is 12.3 Å². The molecule has 0 aliphatic carbocycles. The van der Waals surface area contributed by atoms with Crippen LogP contribution < -0.4 is 5.32 Å². The number of nitrogens with one attached hydrogen (secondary N) is 1. The Morgan fingerprint density at radius 2 is 2.07 bits per heavy atom. The van der Waals surface area contributed by atoms with Crippen molar-refractivity contribution in [2.24, 2.45) is 5.92 Å². The van der Waals surface area contributed by atoms with Gasteiger partial charge in [0.05, 0.1) is 12.0 Å². The van der Waals surface area contributed by atoms with Crippen molar-refractivity contribution in [3.8, 4) is 0 Å². The molecule has 2 unspecified atom stereocenters. The van der Waals surface area contributed by atoms with Crippen LogP contribution in [0.2, 0.25) is 0 Å². The molecule has 1 amide bonds. The van der Waals surface area contributed by atoms with Crippen molar-refractivity contribution >= 4 is 22.8 Å². The van der Waals surface area contributed by atoms with Gasteiger partial charge in [-0.2, -0.15) is 0 Å². The average molecular weight is 233 g/mol. The summed E-state index contributed by atoms with van der Waals surface area (Å²) in [6.07, 6.45) is 0.0184. The van der Waals surface area contributed by atoms with Gasteiger partial charge in [0, 0.05) is 19.2 Å². The highest BCUT2D eigenvalue weighted by atomic mass is 32.2. The number of amides is 1. The first-order valence-corrected chi connectivity index (χ1v) is 6.06. The van der Waals surface area contributed by atoms with Crippen LogP contribution in [0.3, 0.4) is 0 Å². The summed E-state index contributed by atoms with van der Waals surface area (Å²) in [7, 11) is 0. The second-order valence-corrected chi connectivity index (χ2v) is 4.51. The molecule has 0 aromatic heterocycles. The first kappa shape index (κ1) is 14.5. The molecule has 0 heterocycles. The molecule has 0 aliphatic heterocycles. The lowest BCUT2D eigenvalue weighted by Crippen LogP contribution is -2.26. The lowest BCUT2D eigenvalue weighted by atomic mass is 10.1. The minimum atomic E-state index is -0.564. The first-order chi connectivity index (χ1) is 6.99. The van der Waals surface area contributed by atoms with Crippen molar-refractivity contribution in [3.05, 3.63) is 0 Å². The van der Waals surface area contributed by atoms with E-state index < -0.39 is 6.10 Å². The van der Waals surface area contributed by atoms with E-state index in [9.17, 15) is 14.7 Å². The highest BCUT2D eigenvalue weighted by molar-refractivity contribution is 8.13. The lowest BCUT2D eigenvalue weighted by molar-refractivity contribution is -0.119. The molecule has 0 aromatic carbocycles. The van der Waals surface area contributed by atoms with Crippen LogP contribution in [0.4, 0.5) is 0 Å². The van der Waals surface area contributed by atoms with Gasteiger partial charge < -0.3 is 10.4 Å². The average Bonchev–Trinajstić information content (AvgIpc) is 2.21. The van der Waals surface area contributed by atoms with Gasteiger partial charge in [-0.3, -0.25) is 9.59 Å². The number of aliphatic hydroxyl groups excluding tert-OH is 1. The Balaban J connectivity index is 3.69. The highest BCUT2D eigenvalue weighted by Crippen LogP contribution is 2.15. The second-order valence-electron chi connectivity index (χ2n) is 3.41. The normalized spacial score (nSPS) is 14.4. The van der Waals surface area contributed by atoms with E-state index in [1.807, 2.05) is 6.92 Å². The van der Waals surface area contributed by atoms with Crippen molar-refractivity contribution < 1.29 is 14.7 Å². The Bertz CT molecular complexity index is 221. The lowest BCUT2D eigenvalue weighted by Gasteiger charge is -2.15. The van der Waals surface area contributed by atoms with Gasteiger partial charge in [0.25, 0.3) is 0 Å². The number of aliphatic hydroxyl groups is 1. The number of hydrogen-bond acceptors (Lipinski definition) is 4. The summed E-state index contributed by atoms with van der Waals surface area (Å²) in [6.45, 7) is 5.49. The molecule has 0 radical (unpaired) electrons. The molecule has 15 heavy (non-hydrogen) atoms. The van der Waals surface area contributed by atoms with Gasteiger partial charge in [-0.25, -0.2) is 0 Å². The fourth-order valence-corrected chi connectivity index (χ4v) is 1.85. The standard InChI is InChI=1S/C10H19NO3S/c1-4-9(13)7(2)10(14)15-6-5-11-8(3)12/h7,9,13H,4-6H2,1-3H3,(H,11,12). The molecule has 0 saturated heterocycles. The quantitative estimate of drug-likeness (QED) is 0.666.